The van der Waals surface area contributed by atoms with Crippen molar-refractivity contribution in [2.45, 2.75) is 6.54 Å². The Hall–Kier alpha value is -3.81. The maximum Gasteiger partial charge on any atom is 0.265 e. The molecule has 3 heterocycles. The van der Waals surface area contributed by atoms with Gasteiger partial charge in [-0.25, -0.2) is 9.37 Å². The van der Waals surface area contributed by atoms with Gasteiger partial charge in [-0.15, -0.1) is 0 Å². The normalized spacial score (nSPS) is 10.9. The first kappa shape index (κ1) is 16.6. The van der Waals surface area contributed by atoms with Gasteiger partial charge in [0, 0.05) is 17.6 Å². The van der Waals surface area contributed by atoms with Crippen molar-refractivity contribution in [1.82, 2.24) is 14.7 Å². The Morgan fingerprint density at radius 1 is 1.19 bits per heavy atom. The van der Waals surface area contributed by atoms with E-state index >= 15 is 0 Å². The van der Waals surface area contributed by atoms with E-state index in [1.807, 2.05) is 0 Å². The number of pyridine rings is 2. The van der Waals surface area contributed by atoms with Crippen molar-refractivity contribution in [2.24, 2.45) is 0 Å². The SMILES string of the molecule is O=C(Nc1ccon1)c1cc2cccnc2n(Cc2ccc(F)cc2)c1=O. The summed E-state index contributed by atoms with van der Waals surface area (Å²) < 4.78 is 19.2. The van der Waals surface area contributed by atoms with Gasteiger partial charge in [-0.3, -0.25) is 14.2 Å². The Kier molecular flexibility index (Phi) is 4.21. The minimum absolute atomic E-state index is 0.0550. The Labute approximate surface area is 152 Å². The first-order valence-corrected chi connectivity index (χ1v) is 8.06. The van der Waals surface area contributed by atoms with Crippen molar-refractivity contribution in [3.8, 4) is 0 Å². The molecule has 0 saturated carbocycles. The molecule has 0 unspecified atom stereocenters. The van der Waals surface area contributed by atoms with Gasteiger partial charge in [-0.2, -0.15) is 0 Å². The molecule has 0 atom stereocenters. The highest BCUT2D eigenvalue weighted by Crippen LogP contribution is 2.14. The Morgan fingerprint density at radius 2 is 2.00 bits per heavy atom. The smallest absolute Gasteiger partial charge is 0.265 e. The van der Waals surface area contributed by atoms with Crippen LogP contribution in [-0.4, -0.2) is 20.6 Å². The van der Waals surface area contributed by atoms with Gasteiger partial charge in [0.25, 0.3) is 11.5 Å². The quantitative estimate of drug-likeness (QED) is 0.601. The summed E-state index contributed by atoms with van der Waals surface area (Å²) in [5.41, 5.74) is 0.580. The van der Waals surface area contributed by atoms with E-state index in [9.17, 15) is 14.0 Å². The number of nitrogens with one attached hydrogen (secondary N) is 1. The molecule has 0 aliphatic heterocycles. The summed E-state index contributed by atoms with van der Waals surface area (Å²) >= 11 is 0. The van der Waals surface area contributed by atoms with Crippen LogP contribution >= 0.6 is 0 Å². The molecule has 3 aromatic heterocycles. The summed E-state index contributed by atoms with van der Waals surface area (Å²) in [5, 5.41) is 6.75. The first-order chi connectivity index (χ1) is 13.1. The van der Waals surface area contributed by atoms with Crippen LogP contribution in [0.1, 0.15) is 15.9 Å². The molecular weight excluding hydrogens is 351 g/mol. The van der Waals surface area contributed by atoms with E-state index in [2.05, 4.69) is 20.0 Å². The fourth-order valence-electron chi connectivity index (χ4n) is 2.75. The van der Waals surface area contributed by atoms with Crippen LogP contribution < -0.4 is 10.9 Å². The number of hydrogen-bond donors (Lipinski definition) is 1. The lowest BCUT2D eigenvalue weighted by atomic mass is 10.1. The van der Waals surface area contributed by atoms with Crippen LogP contribution in [0.3, 0.4) is 0 Å². The molecule has 0 aliphatic rings. The molecule has 0 saturated heterocycles. The molecule has 0 aliphatic carbocycles. The number of benzene rings is 1. The fourth-order valence-corrected chi connectivity index (χ4v) is 2.75. The van der Waals surface area contributed by atoms with E-state index < -0.39 is 11.5 Å². The summed E-state index contributed by atoms with van der Waals surface area (Å²) in [7, 11) is 0. The number of hydrogen-bond acceptors (Lipinski definition) is 5. The number of carbonyl (C=O) groups excluding carboxylic acids is 1. The molecule has 1 amide bonds. The van der Waals surface area contributed by atoms with Crippen LogP contribution in [0.25, 0.3) is 11.0 Å². The third kappa shape index (κ3) is 3.32. The highest BCUT2D eigenvalue weighted by Gasteiger charge is 2.17. The van der Waals surface area contributed by atoms with E-state index in [4.69, 9.17) is 0 Å². The molecule has 0 bridgehead atoms. The average molecular weight is 364 g/mol. The Morgan fingerprint density at radius 3 is 2.74 bits per heavy atom. The van der Waals surface area contributed by atoms with Crippen LogP contribution in [0.4, 0.5) is 10.2 Å². The summed E-state index contributed by atoms with van der Waals surface area (Å²) in [5.74, 6) is -0.766. The highest BCUT2D eigenvalue weighted by atomic mass is 19.1. The molecule has 0 fully saturated rings. The second kappa shape index (κ2) is 6.83. The fraction of sp³-hybridized carbons (Fsp3) is 0.0526. The number of halogens is 1. The van der Waals surface area contributed by atoms with Gasteiger partial charge in [-0.1, -0.05) is 17.3 Å². The summed E-state index contributed by atoms with van der Waals surface area (Å²) in [6, 6.07) is 12.2. The zero-order valence-electron chi connectivity index (χ0n) is 13.9. The summed E-state index contributed by atoms with van der Waals surface area (Å²) in [6.07, 6.45) is 2.88. The highest BCUT2D eigenvalue weighted by molar-refractivity contribution is 6.05. The van der Waals surface area contributed by atoms with Gasteiger partial charge in [0.05, 0.1) is 6.54 Å². The predicted molar refractivity (Wildman–Crippen MR) is 96.0 cm³/mol. The molecular formula is C19H13FN4O3. The second-order valence-corrected chi connectivity index (χ2v) is 5.83. The number of rotatable bonds is 4. The van der Waals surface area contributed by atoms with Gasteiger partial charge < -0.3 is 9.84 Å². The van der Waals surface area contributed by atoms with E-state index in [-0.39, 0.29) is 23.7 Å². The molecule has 4 aromatic rings. The average Bonchev–Trinajstić information content (AvgIpc) is 3.18. The van der Waals surface area contributed by atoms with Crippen LogP contribution in [0, 0.1) is 5.82 Å². The van der Waals surface area contributed by atoms with Gasteiger partial charge >= 0.3 is 0 Å². The minimum atomic E-state index is -0.604. The van der Waals surface area contributed by atoms with Crippen LogP contribution in [-0.2, 0) is 6.54 Å². The molecule has 0 spiro atoms. The van der Waals surface area contributed by atoms with Crippen LogP contribution in [0.5, 0.6) is 0 Å². The zero-order chi connectivity index (χ0) is 18.8. The third-order valence-electron chi connectivity index (χ3n) is 4.03. The lowest BCUT2D eigenvalue weighted by Gasteiger charge is -2.12. The van der Waals surface area contributed by atoms with Gasteiger partial charge in [-0.05, 0) is 35.9 Å². The standard InChI is InChI=1S/C19H13FN4O3/c20-14-5-3-12(4-6-14)11-24-17-13(2-1-8-21-17)10-15(19(24)26)18(25)22-16-7-9-27-23-16/h1-10H,11H2,(H,22,23,25). The molecule has 7 nitrogen and oxygen atoms in total. The molecule has 4 rings (SSSR count). The molecule has 0 radical (unpaired) electrons. The van der Waals surface area contributed by atoms with Crippen LogP contribution in [0.2, 0.25) is 0 Å². The lowest BCUT2D eigenvalue weighted by molar-refractivity contribution is 0.102. The molecule has 27 heavy (non-hydrogen) atoms. The van der Waals surface area contributed by atoms with E-state index in [0.29, 0.717) is 16.6 Å². The van der Waals surface area contributed by atoms with E-state index in [1.54, 1.807) is 30.5 Å². The maximum atomic E-state index is 13.2. The molecule has 1 N–H and O–H groups in total. The summed E-state index contributed by atoms with van der Waals surface area (Å²) in [6.45, 7) is 0.151. The van der Waals surface area contributed by atoms with Crippen molar-refractivity contribution in [1.29, 1.82) is 0 Å². The van der Waals surface area contributed by atoms with Gasteiger partial charge in [0.15, 0.2) is 5.82 Å². The number of carbonyl (C=O) groups is 1. The minimum Gasteiger partial charge on any atom is -0.363 e. The third-order valence-corrected chi connectivity index (χ3v) is 4.03. The van der Waals surface area contributed by atoms with E-state index in [1.165, 1.54) is 35.1 Å². The van der Waals surface area contributed by atoms with Crippen molar-refractivity contribution in [2.75, 3.05) is 5.32 Å². The lowest BCUT2D eigenvalue weighted by Crippen LogP contribution is -2.30. The van der Waals surface area contributed by atoms with Crippen LogP contribution in [0.15, 0.2) is 70.3 Å². The van der Waals surface area contributed by atoms with Gasteiger partial charge in [0.2, 0.25) is 0 Å². The molecule has 8 heteroatoms. The van der Waals surface area contributed by atoms with Crippen molar-refractivity contribution >= 4 is 22.8 Å². The zero-order valence-corrected chi connectivity index (χ0v) is 13.9. The number of anilines is 1. The number of nitrogens with zero attached hydrogens (tertiary/aromatic N) is 3. The summed E-state index contributed by atoms with van der Waals surface area (Å²) in [4.78, 5) is 29.8. The second-order valence-electron chi connectivity index (χ2n) is 5.83. The number of amides is 1. The number of aromatic nitrogens is 3. The molecule has 134 valence electrons. The van der Waals surface area contributed by atoms with Crippen molar-refractivity contribution in [3.63, 3.8) is 0 Å². The maximum absolute atomic E-state index is 13.2. The Bertz CT molecular complexity index is 1170. The van der Waals surface area contributed by atoms with Gasteiger partial charge in [0.1, 0.15) is 23.3 Å². The predicted octanol–water partition coefficient (Wildman–Crippen LogP) is 2.82. The first-order valence-electron chi connectivity index (χ1n) is 8.06. The van der Waals surface area contributed by atoms with Crippen molar-refractivity contribution in [3.05, 3.63) is 88.3 Å². The largest absolute Gasteiger partial charge is 0.363 e. The molecule has 1 aromatic carbocycles. The monoisotopic (exact) mass is 364 g/mol. The van der Waals surface area contributed by atoms with E-state index in [0.717, 1.165) is 0 Å². The Balaban J connectivity index is 1.81. The topological polar surface area (TPSA) is 90.0 Å². The van der Waals surface area contributed by atoms with Crippen molar-refractivity contribution < 1.29 is 13.7 Å². The number of fused-ring (bicyclic) bond motifs is 1.